The van der Waals surface area contributed by atoms with Gasteiger partial charge < -0.3 is 15.4 Å². The summed E-state index contributed by atoms with van der Waals surface area (Å²) in [7, 11) is 0. The molecule has 0 radical (unpaired) electrons. The first kappa shape index (κ1) is 17.2. The van der Waals surface area contributed by atoms with Gasteiger partial charge in [-0.2, -0.15) is 0 Å². The van der Waals surface area contributed by atoms with E-state index in [-0.39, 0.29) is 5.78 Å². The second kappa shape index (κ2) is 6.56. The van der Waals surface area contributed by atoms with Gasteiger partial charge in [0.25, 0.3) is 5.91 Å². The Kier molecular flexibility index (Phi) is 4.92. The van der Waals surface area contributed by atoms with Crippen LogP contribution < -0.4 is 5.32 Å². The zero-order valence-corrected chi connectivity index (χ0v) is 13.9. The number of amides is 1. The van der Waals surface area contributed by atoms with Crippen molar-refractivity contribution in [2.45, 2.75) is 64.8 Å². The molecule has 1 amide bonds. The summed E-state index contributed by atoms with van der Waals surface area (Å²) in [6.07, 6.45) is 3.97. The SMILES string of the molecule is CCc1c(C(=O)NC2(C(=O)O)CCCCC2)[nH]c(C)c1C(C)=O. The van der Waals surface area contributed by atoms with Crippen LogP contribution in [0.4, 0.5) is 0 Å². The molecule has 0 unspecified atom stereocenters. The summed E-state index contributed by atoms with van der Waals surface area (Å²) in [5, 5.41) is 12.3. The van der Waals surface area contributed by atoms with Crippen LogP contribution in [0.5, 0.6) is 0 Å². The van der Waals surface area contributed by atoms with Crippen molar-refractivity contribution in [1.29, 1.82) is 0 Å². The van der Waals surface area contributed by atoms with E-state index in [0.29, 0.717) is 41.8 Å². The molecular formula is C17H24N2O4. The molecule has 3 N–H and O–H groups in total. The van der Waals surface area contributed by atoms with Crippen LogP contribution in [0.25, 0.3) is 0 Å². The van der Waals surface area contributed by atoms with E-state index in [1.807, 2.05) is 6.92 Å². The molecule has 126 valence electrons. The van der Waals surface area contributed by atoms with Crippen molar-refractivity contribution in [3.05, 3.63) is 22.5 Å². The van der Waals surface area contributed by atoms with Crippen molar-refractivity contribution in [1.82, 2.24) is 10.3 Å². The van der Waals surface area contributed by atoms with Crippen LogP contribution in [0.15, 0.2) is 0 Å². The molecule has 1 heterocycles. The molecule has 1 fully saturated rings. The highest BCUT2D eigenvalue weighted by molar-refractivity contribution is 6.03. The highest BCUT2D eigenvalue weighted by atomic mass is 16.4. The maximum absolute atomic E-state index is 12.7. The molecule has 0 bridgehead atoms. The average molecular weight is 320 g/mol. The molecule has 6 nitrogen and oxygen atoms in total. The summed E-state index contributed by atoms with van der Waals surface area (Å²) in [4.78, 5) is 39.1. The molecule has 23 heavy (non-hydrogen) atoms. The van der Waals surface area contributed by atoms with E-state index in [1.165, 1.54) is 6.92 Å². The summed E-state index contributed by atoms with van der Waals surface area (Å²) >= 11 is 0. The van der Waals surface area contributed by atoms with Crippen LogP contribution >= 0.6 is 0 Å². The zero-order chi connectivity index (χ0) is 17.2. The lowest BCUT2D eigenvalue weighted by Gasteiger charge is -2.33. The normalized spacial score (nSPS) is 16.8. The summed E-state index contributed by atoms with van der Waals surface area (Å²) in [5.41, 5.74) is 0.943. The number of nitrogens with one attached hydrogen (secondary N) is 2. The van der Waals surface area contributed by atoms with E-state index >= 15 is 0 Å². The van der Waals surface area contributed by atoms with Crippen LogP contribution in [-0.2, 0) is 11.2 Å². The number of carbonyl (C=O) groups is 3. The van der Waals surface area contributed by atoms with Crippen LogP contribution in [0, 0.1) is 6.92 Å². The number of rotatable bonds is 5. The minimum atomic E-state index is -1.20. The average Bonchev–Trinajstić information content (AvgIpc) is 2.84. The monoisotopic (exact) mass is 320 g/mol. The largest absolute Gasteiger partial charge is 0.480 e. The molecule has 1 aliphatic carbocycles. The number of H-pyrrole nitrogens is 1. The second-order valence-electron chi connectivity index (χ2n) is 6.29. The number of carboxylic acids is 1. The van der Waals surface area contributed by atoms with E-state index in [2.05, 4.69) is 10.3 Å². The Hall–Kier alpha value is -2.11. The van der Waals surface area contributed by atoms with Crippen LogP contribution in [-0.4, -0.2) is 33.3 Å². The van der Waals surface area contributed by atoms with Crippen molar-refractivity contribution in [2.24, 2.45) is 0 Å². The van der Waals surface area contributed by atoms with E-state index in [1.54, 1.807) is 6.92 Å². The Morgan fingerprint density at radius 3 is 2.30 bits per heavy atom. The molecule has 0 aromatic carbocycles. The number of aromatic amines is 1. The van der Waals surface area contributed by atoms with Crippen molar-refractivity contribution in [2.75, 3.05) is 0 Å². The lowest BCUT2D eigenvalue weighted by Crippen LogP contribution is -2.55. The fourth-order valence-corrected chi connectivity index (χ4v) is 3.53. The predicted octanol–water partition coefficient (Wildman–Crippen LogP) is 2.61. The Bertz CT molecular complexity index is 639. The van der Waals surface area contributed by atoms with Crippen molar-refractivity contribution < 1.29 is 19.5 Å². The molecule has 1 saturated carbocycles. The number of aromatic nitrogens is 1. The second-order valence-corrected chi connectivity index (χ2v) is 6.29. The quantitative estimate of drug-likeness (QED) is 0.726. The third kappa shape index (κ3) is 3.16. The molecule has 6 heteroatoms. The molecule has 1 aromatic rings. The minimum absolute atomic E-state index is 0.0970. The number of hydrogen-bond donors (Lipinski definition) is 3. The van der Waals surface area contributed by atoms with Crippen molar-refractivity contribution in [3.63, 3.8) is 0 Å². The third-order valence-electron chi connectivity index (χ3n) is 4.69. The third-order valence-corrected chi connectivity index (χ3v) is 4.69. The predicted molar refractivity (Wildman–Crippen MR) is 85.8 cm³/mol. The molecule has 1 aromatic heterocycles. The van der Waals surface area contributed by atoms with Gasteiger partial charge in [0.1, 0.15) is 11.2 Å². The van der Waals surface area contributed by atoms with Gasteiger partial charge in [0.2, 0.25) is 0 Å². The van der Waals surface area contributed by atoms with E-state index in [0.717, 1.165) is 19.3 Å². The smallest absolute Gasteiger partial charge is 0.329 e. The lowest BCUT2D eigenvalue weighted by molar-refractivity contribution is -0.145. The van der Waals surface area contributed by atoms with Gasteiger partial charge in [0, 0.05) is 11.3 Å². The Morgan fingerprint density at radius 2 is 1.83 bits per heavy atom. The molecule has 0 spiro atoms. The first-order chi connectivity index (χ1) is 10.8. The van der Waals surface area contributed by atoms with Gasteiger partial charge in [0.05, 0.1) is 0 Å². The molecule has 2 rings (SSSR count). The summed E-state index contributed by atoms with van der Waals surface area (Å²) < 4.78 is 0. The Morgan fingerprint density at radius 1 is 1.22 bits per heavy atom. The van der Waals surface area contributed by atoms with E-state index in [9.17, 15) is 19.5 Å². The fraction of sp³-hybridized carbons (Fsp3) is 0.588. The van der Waals surface area contributed by atoms with Gasteiger partial charge in [-0.1, -0.05) is 26.2 Å². The van der Waals surface area contributed by atoms with Gasteiger partial charge in [-0.3, -0.25) is 9.59 Å². The number of aryl methyl sites for hydroxylation is 1. The van der Waals surface area contributed by atoms with Crippen molar-refractivity contribution >= 4 is 17.7 Å². The molecule has 1 aliphatic rings. The van der Waals surface area contributed by atoms with Crippen molar-refractivity contribution in [3.8, 4) is 0 Å². The molecule has 0 atom stereocenters. The highest BCUT2D eigenvalue weighted by Crippen LogP contribution is 2.29. The number of carbonyl (C=O) groups excluding carboxylic acids is 2. The number of ketones is 1. The van der Waals surface area contributed by atoms with Gasteiger partial charge in [-0.05, 0) is 38.7 Å². The maximum Gasteiger partial charge on any atom is 0.329 e. The Balaban J connectivity index is 2.35. The van der Waals surface area contributed by atoms with E-state index < -0.39 is 17.4 Å². The van der Waals surface area contributed by atoms with Crippen LogP contribution in [0.1, 0.15) is 78.1 Å². The zero-order valence-electron chi connectivity index (χ0n) is 13.9. The number of hydrogen-bond acceptors (Lipinski definition) is 3. The summed E-state index contributed by atoms with van der Waals surface area (Å²) in [5.74, 6) is -1.53. The maximum atomic E-state index is 12.7. The van der Waals surface area contributed by atoms with Crippen LogP contribution in [0.3, 0.4) is 0 Å². The first-order valence-corrected chi connectivity index (χ1v) is 8.10. The van der Waals surface area contributed by atoms with Gasteiger partial charge in [-0.25, -0.2) is 4.79 Å². The van der Waals surface area contributed by atoms with Gasteiger partial charge in [-0.15, -0.1) is 0 Å². The standard InChI is InChI=1S/C17H24N2O4/c1-4-12-13(11(3)20)10(2)18-14(12)15(21)19-17(16(22)23)8-6-5-7-9-17/h18H,4-9H2,1-3H3,(H,19,21)(H,22,23). The lowest BCUT2D eigenvalue weighted by atomic mass is 9.81. The topological polar surface area (TPSA) is 99.3 Å². The molecular weight excluding hydrogens is 296 g/mol. The molecule has 0 saturated heterocycles. The highest BCUT2D eigenvalue weighted by Gasteiger charge is 2.41. The van der Waals surface area contributed by atoms with Crippen LogP contribution in [0.2, 0.25) is 0 Å². The van der Waals surface area contributed by atoms with Gasteiger partial charge in [0.15, 0.2) is 5.78 Å². The van der Waals surface area contributed by atoms with Gasteiger partial charge >= 0.3 is 5.97 Å². The number of Topliss-reactive ketones (excluding diaryl/α,β-unsaturated/α-hetero) is 1. The number of aliphatic carboxylic acids is 1. The summed E-state index contributed by atoms with van der Waals surface area (Å²) in [6, 6.07) is 0. The summed E-state index contributed by atoms with van der Waals surface area (Å²) in [6.45, 7) is 5.09. The minimum Gasteiger partial charge on any atom is -0.480 e. The molecule has 0 aliphatic heterocycles. The fourth-order valence-electron chi connectivity index (χ4n) is 3.53. The first-order valence-electron chi connectivity index (χ1n) is 8.10. The number of carboxylic acid groups (broad SMARTS) is 1. The van der Waals surface area contributed by atoms with E-state index in [4.69, 9.17) is 0 Å². The Labute approximate surface area is 135 Å².